The number of aromatic amines is 1. The third kappa shape index (κ3) is 3.17. The first-order valence-electron chi connectivity index (χ1n) is 8.46. The predicted molar refractivity (Wildman–Crippen MR) is 96.9 cm³/mol. The minimum Gasteiger partial charge on any atom is -0.480 e. The first-order valence-corrected chi connectivity index (χ1v) is 9.27. The quantitative estimate of drug-likeness (QED) is 0.749. The van der Waals surface area contributed by atoms with Crippen LogP contribution in [0.5, 0.6) is 0 Å². The monoisotopic (exact) mass is 356 g/mol. The number of aryl methyl sites for hydroxylation is 1. The number of thiophene rings is 1. The molecule has 0 aliphatic carbocycles. The molecule has 3 heterocycles. The Labute approximate surface area is 149 Å². The zero-order valence-electron chi connectivity index (χ0n) is 14.0. The Morgan fingerprint density at radius 3 is 2.76 bits per heavy atom. The van der Waals surface area contributed by atoms with E-state index >= 15 is 0 Å². The van der Waals surface area contributed by atoms with Crippen LogP contribution in [-0.4, -0.2) is 44.2 Å². The van der Waals surface area contributed by atoms with Gasteiger partial charge in [0.1, 0.15) is 11.9 Å². The fraction of sp³-hybridized carbons (Fsp3) is 0.389. The lowest BCUT2D eigenvalue weighted by Crippen LogP contribution is -2.39. The lowest BCUT2D eigenvalue weighted by atomic mass is 9.95. The Balaban J connectivity index is 1.53. The van der Waals surface area contributed by atoms with Gasteiger partial charge in [-0.3, -0.25) is 14.8 Å². The second-order valence-electron chi connectivity index (χ2n) is 6.52. The second kappa shape index (κ2) is 6.57. The van der Waals surface area contributed by atoms with Crippen molar-refractivity contribution in [2.45, 2.75) is 31.7 Å². The largest absolute Gasteiger partial charge is 0.480 e. The summed E-state index contributed by atoms with van der Waals surface area (Å²) in [7, 11) is 0. The molecule has 2 N–H and O–H groups in total. The summed E-state index contributed by atoms with van der Waals surface area (Å²) < 4.78 is 1.13. The molecular formula is C18H20N4O2S. The third-order valence-corrected chi connectivity index (χ3v) is 5.99. The van der Waals surface area contributed by atoms with Crippen LogP contribution in [0.25, 0.3) is 10.1 Å². The van der Waals surface area contributed by atoms with Crippen LogP contribution in [-0.2, 0) is 4.79 Å². The van der Waals surface area contributed by atoms with Gasteiger partial charge in [0.15, 0.2) is 5.82 Å². The molecule has 130 valence electrons. The highest BCUT2D eigenvalue weighted by Gasteiger charge is 2.33. The van der Waals surface area contributed by atoms with Gasteiger partial charge in [-0.05, 0) is 37.3 Å². The van der Waals surface area contributed by atoms with E-state index in [4.69, 9.17) is 0 Å². The average molecular weight is 356 g/mol. The molecule has 3 aromatic rings. The van der Waals surface area contributed by atoms with Gasteiger partial charge in [-0.1, -0.05) is 18.2 Å². The fourth-order valence-electron chi connectivity index (χ4n) is 3.55. The van der Waals surface area contributed by atoms with Crippen molar-refractivity contribution in [1.29, 1.82) is 0 Å². The maximum atomic E-state index is 12.0. The summed E-state index contributed by atoms with van der Waals surface area (Å²) in [5.41, 5.74) is 0. The minimum atomic E-state index is -0.779. The standard InChI is InChI=1S/C18H20N4O2S/c1-11-19-17(21-20-11)12-6-8-22(9-7-12)16(18(23)24)15-10-13-4-2-3-5-14(13)25-15/h2-5,10,12,16H,6-9H2,1H3,(H,23,24)(H,19,20,21). The number of carboxylic acid groups (broad SMARTS) is 1. The number of carboxylic acids is 1. The molecule has 1 aliphatic rings. The molecule has 6 nitrogen and oxygen atoms in total. The van der Waals surface area contributed by atoms with Gasteiger partial charge in [-0.25, -0.2) is 4.98 Å². The molecule has 0 amide bonds. The Kier molecular flexibility index (Phi) is 4.27. The lowest BCUT2D eigenvalue weighted by molar-refractivity contribution is -0.144. The van der Waals surface area contributed by atoms with E-state index in [0.29, 0.717) is 5.92 Å². The normalized spacial score (nSPS) is 17.8. The number of fused-ring (bicyclic) bond motifs is 1. The number of rotatable bonds is 4. The van der Waals surface area contributed by atoms with Gasteiger partial charge in [-0.15, -0.1) is 11.3 Å². The Morgan fingerprint density at radius 2 is 2.12 bits per heavy atom. The van der Waals surface area contributed by atoms with Crippen LogP contribution in [0.4, 0.5) is 0 Å². The number of H-pyrrole nitrogens is 1. The van der Waals surface area contributed by atoms with Crippen LogP contribution in [0.2, 0.25) is 0 Å². The summed E-state index contributed by atoms with van der Waals surface area (Å²) in [4.78, 5) is 19.4. The van der Waals surface area contributed by atoms with Gasteiger partial charge in [0.25, 0.3) is 0 Å². The van der Waals surface area contributed by atoms with E-state index in [-0.39, 0.29) is 0 Å². The molecule has 1 atom stereocenters. The zero-order valence-corrected chi connectivity index (χ0v) is 14.8. The van der Waals surface area contributed by atoms with Gasteiger partial charge >= 0.3 is 5.97 Å². The number of aromatic nitrogens is 3. The molecule has 7 heteroatoms. The molecule has 0 saturated carbocycles. The van der Waals surface area contributed by atoms with Crippen molar-refractivity contribution in [3.8, 4) is 0 Å². The molecule has 1 aromatic carbocycles. The number of nitrogens with zero attached hydrogens (tertiary/aromatic N) is 3. The van der Waals surface area contributed by atoms with E-state index in [0.717, 1.165) is 52.5 Å². The molecule has 4 rings (SSSR count). The van der Waals surface area contributed by atoms with Crippen LogP contribution in [0.15, 0.2) is 30.3 Å². The zero-order chi connectivity index (χ0) is 17.4. The van der Waals surface area contributed by atoms with Crippen molar-refractivity contribution in [2.75, 3.05) is 13.1 Å². The summed E-state index contributed by atoms with van der Waals surface area (Å²) in [6, 6.07) is 9.49. The van der Waals surface area contributed by atoms with E-state index in [1.807, 2.05) is 37.3 Å². The number of benzene rings is 1. The number of hydrogen-bond acceptors (Lipinski definition) is 5. The van der Waals surface area contributed by atoms with Crippen LogP contribution < -0.4 is 0 Å². The van der Waals surface area contributed by atoms with Crippen molar-refractivity contribution in [2.24, 2.45) is 0 Å². The van der Waals surface area contributed by atoms with Crippen LogP contribution >= 0.6 is 11.3 Å². The van der Waals surface area contributed by atoms with Crippen LogP contribution in [0.3, 0.4) is 0 Å². The van der Waals surface area contributed by atoms with Crippen molar-refractivity contribution in [1.82, 2.24) is 20.1 Å². The van der Waals surface area contributed by atoms with Crippen molar-refractivity contribution >= 4 is 27.4 Å². The Bertz CT molecular complexity index is 862. The van der Waals surface area contributed by atoms with E-state index in [1.54, 1.807) is 11.3 Å². The second-order valence-corrected chi connectivity index (χ2v) is 7.63. The van der Waals surface area contributed by atoms with Gasteiger partial charge in [0, 0.05) is 28.6 Å². The minimum absolute atomic E-state index is 0.304. The third-order valence-electron chi connectivity index (χ3n) is 4.82. The highest BCUT2D eigenvalue weighted by molar-refractivity contribution is 7.19. The molecule has 1 aliphatic heterocycles. The maximum absolute atomic E-state index is 12.0. The molecule has 1 fully saturated rings. The maximum Gasteiger partial charge on any atom is 0.326 e. The van der Waals surface area contributed by atoms with Crippen molar-refractivity contribution in [3.05, 3.63) is 46.9 Å². The smallest absolute Gasteiger partial charge is 0.326 e. The summed E-state index contributed by atoms with van der Waals surface area (Å²) >= 11 is 1.58. The first-order chi connectivity index (χ1) is 12.1. The highest BCUT2D eigenvalue weighted by atomic mass is 32.1. The highest BCUT2D eigenvalue weighted by Crippen LogP contribution is 2.36. The van der Waals surface area contributed by atoms with Crippen molar-refractivity contribution < 1.29 is 9.90 Å². The molecule has 2 aromatic heterocycles. The molecule has 0 spiro atoms. The van der Waals surface area contributed by atoms with E-state index in [2.05, 4.69) is 20.1 Å². The lowest BCUT2D eigenvalue weighted by Gasteiger charge is -2.34. The number of piperidine rings is 1. The number of nitrogens with one attached hydrogen (secondary N) is 1. The topological polar surface area (TPSA) is 82.1 Å². The molecule has 25 heavy (non-hydrogen) atoms. The summed E-state index contributed by atoms with van der Waals surface area (Å²) in [5, 5.41) is 18.1. The SMILES string of the molecule is Cc1nc(C2CCN(C(C(=O)O)c3cc4ccccc4s3)CC2)n[nH]1. The Morgan fingerprint density at radius 1 is 1.36 bits per heavy atom. The van der Waals surface area contributed by atoms with Crippen LogP contribution in [0, 0.1) is 6.92 Å². The summed E-state index contributed by atoms with van der Waals surface area (Å²) in [6.45, 7) is 3.38. The average Bonchev–Trinajstić information content (AvgIpc) is 3.21. The number of carbonyl (C=O) groups is 1. The summed E-state index contributed by atoms with van der Waals surface area (Å²) in [6.07, 6.45) is 1.76. The van der Waals surface area contributed by atoms with Gasteiger partial charge in [0.2, 0.25) is 0 Å². The van der Waals surface area contributed by atoms with Gasteiger partial charge in [0.05, 0.1) is 0 Å². The van der Waals surface area contributed by atoms with Crippen molar-refractivity contribution in [3.63, 3.8) is 0 Å². The molecule has 0 radical (unpaired) electrons. The van der Waals surface area contributed by atoms with E-state index in [9.17, 15) is 9.90 Å². The van der Waals surface area contributed by atoms with Crippen LogP contribution in [0.1, 0.15) is 41.3 Å². The fourth-order valence-corrected chi connectivity index (χ4v) is 4.75. The molecule has 0 bridgehead atoms. The van der Waals surface area contributed by atoms with E-state index < -0.39 is 12.0 Å². The predicted octanol–water partition coefficient (Wildman–Crippen LogP) is 3.33. The van der Waals surface area contributed by atoms with Gasteiger partial charge in [-0.2, -0.15) is 5.10 Å². The molecule has 1 unspecified atom stereocenters. The number of hydrogen-bond donors (Lipinski definition) is 2. The number of likely N-dealkylation sites (tertiary alicyclic amines) is 1. The number of aliphatic carboxylic acids is 1. The molecule has 1 saturated heterocycles. The van der Waals surface area contributed by atoms with E-state index in [1.165, 1.54) is 0 Å². The van der Waals surface area contributed by atoms with Gasteiger partial charge < -0.3 is 5.11 Å². The summed E-state index contributed by atoms with van der Waals surface area (Å²) in [5.74, 6) is 1.20. The first kappa shape index (κ1) is 16.2. The molecular weight excluding hydrogens is 336 g/mol. The Hall–Kier alpha value is -2.25.